The summed E-state index contributed by atoms with van der Waals surface area (Å²) in [6, 6.07) is -0.0609. The third-order valence-electron chi connectivity index (χ3n) is 6.01. The molecule has 1 aromatic rings. The zero-order chi connectivity index (χ0) is 17.4. The zero-order valence-electron chi connectivity index (χ0n) is 15.1. The van der Waals surface area contributed by atoms with Crippen LogP contribution >= 0.6 is 23.7 Å². The van der Waals surface area contributed by atoms with Gasteiger partial charge < -0.3 is 15.5 Å². The van der Waals surface area contributed by atoms with Crippen molar-refractivity contribution in [2.24, 2.45) is 11.8 Å². The van der Waals surface area contributed by atoms with Gasteiger partial charge in [0.15, 0.2) is 0 Å². The van der Waals surface area contributed by atoms with E-state index >= 15 is 0 Å². The predicted molar refractivity (Wildman–Crippen MR) is 104 cm³/mol. The molecule has 1 aromatic heterocycles. The summed E-state index contributed by atoms with van der Waals surface area (Å²) in [5.74, 6) is 0.940. The summed E-state index contributed by atoms with van der Waals surface area (Å²) in [5.41, 5.74) is 2.89. The Morgan fingerprint density at radius 1 is 1.42 bits per heavy atom. The van der Waals surface area contributed by atoms with Crippen LogP contribution in [0.3, 0.4) is 0 Å². The van der Waals surface area contributed by atoms with Crippen LogP contribution in [0, 0.1) is 18.8 Å². The molecular weight excluding hydrogens is 372 g/mol. The Morgan fingerprint density at radius 2 is 2.23 bits per heavy atom. The van der Waals surface area contributed by atoms with Crippen molar-refractivity contribution in [1.82, 2.24) is 20.5 Å². The summed E-state index contributed by atoms with van der Waals surface area (Å²) in [5, 5.41) is 6.57. The van der Waals surface area contributed by atoms with Crippen molar-refractivity contribution < 1.29 is 9.59 Å². The molecule has 0 radical (unpaired) electrons. The molecule has 0 unspecified atom stereocenters. The van der Waals surface area contributed by atoms with Gasteiger partial charge in [-0.25, -0.2) is 4.98 Å². The Hall–Kier alpha value is -1.18. The Balaban J connectivity index is 0.00000196. The highest BCUT2D eigenvalue weighted by molar-refractivity contribution is 7.09. The number of carbonyl (C=O) groups excluding carboxylic acids is 2. The van der Waals surface area contributed by atoms with E-state index in [0.717, 1.165) is 44.5 Å². The van der Waals surface area contributed by atoms with Gasteiger partial charge in [0.1, 0.15) is 6.04 Å². The number of hydrogen-bond donors (Lipinski definition) is 2. The van der Waals surface area contributed by atoms with E-state index in [0.29, 0.717) is 18.9 Å². The van der Waals surface area contributed by atoms with E-state index in [1.807, 2.05) is 17.3 Å². The Kier molecular flexibility index (Phi) is 6.20. The molecule has 8 heteroatoms. The molecule has 144 valence electrons. The van der Waals surface area contributed by atoms with Crippen molar-refractivity contribution >= 4 is 35.6 Å². The van der Waals surface area contributed by atoms with Crippen molar-refractivity contribution in [3.63, 3.8) is 0 Å². The molecule has 3 aliphatic rings. The monoisotopic (exact) mass is 398 g/mol. The second-order valence-corrected chi connectivity index (χ2v) is 8.46. The number of halogens is 1. The van der Waals surface area contributed by atoms with Crippen molar-refractivity contribution in [1.29, 1.82) is 0 Å². The fraction of sp³-hybridized carbons (Fsp3) is 0.722. The molecule has 3 aliphatic heterocycles. The minimum Gasteiger partial charge on any atom is -0.354 e. The SMILES string of the molecule is Cc1ncsc1CCNC(=O)[C@H]1[C@@H]2CNC[C@@H](C2)[C@@H]2CCCC(=O)N21.Cl. The molecule has 4 rings (SSSR count). The van der Waals surface area contributed by atoms with Gasteiger partial charge in [-0.05, 0) is 38.6 Å². The molecule has 6 nitrogen and oxygen atoms in total. The summed E-state index contributed by atoms with van der Waals surface area (Å²) in [4.78, 5) is 33.0. The van der Waals surface area contributed by atoms with Gasteiger partial charge in [0.2, 0.25) is 11.8 Å². The Morgan fingerprint density at radius 3 is 3.00 bits per heavy atom. The number of nitrogens with zero attached hydrogens (tertiary/aromatic N) is 2. The lowest BCUT2D eigenvalue weighted by Crippen LogP contribution is -2.68. The summed E-state index contributed by atoms with van der Waals surface area (Å²) in [6.45, 7) is 4.41. The normalized spacial score (nSPS) is 30.3. The van der Waals surface area contributed by atoms with Gasteiger partial charge in [-0.2, -0.15) is 0 Å². The Bertz CT molecular complexity index is 667. The summed E-state index contributed by atoms with van der Waals surface area (Å²) in [6.07, 6.45) is 4.45. The lowest BCUT2D eigenvalue weighted by atomic mass is 9.72. The number of aryl methyl sites for hydroxylation is 1. The molecule has 3 fully saturated rings. The standard InChI is InChI=1S/C18H26N4O2S.ClH/c1-11-15(25-10-21-11)5-6-20-18(24)17-13-7-12(8-19-9-13)14-3-2-4-16(23)22(14)17;/h10,12-14,17,19H,2-9H2,1H3,(H,20,24);1H/t12-,13+,14+,17-;/m1./s1. The van der Waals surface area contributed by atoms with Crippen LogP contribution < -0.4 is 10.6 Å². The molecule has 0 spiro atoms. The predicted octanol–water partition coefficient (Wildman–Crippen LogP) is 1.52. The van der Waals surface area contributed by atoms with Crippen LogP contribution in [-0.4, -0.2) is 53.4 Å². The van der Waals surface area contributed by atoms with E-state index in [-0.39, 0.29) is 42.2 Å². The first-order valence-corrected chi connectivity index (χ1v) is 10.2. The minimum absolute atomic E-state index is 0. The molecule has 3 saturated heterocycles. The molecule has 0 aromatic carbocycles. The van der Waals surface area contributed by atoms with E-state index in [1.54, 1.807) is 11.3 Å². The zero-order valence-corrected chi connectivity index (χ0v) is 16.7. The van der Waals surface area contributed by atoms with Crippen LogP contribution in [0.25, 0.3) is 0 Å². The maximum atomic E-state index is 13.0. The third kappa shape index (κ3) is 3.62. The smallest absolute Gasteiger partial charge is 0.243 e. The first-order chi connectivity index (χ1) is 12.1. The highest BCUT2D eigenvalue weighted by atomic mass is 35.5. The molecule has 26 heavy (non-hydrogen) atoms. The molecular formula is C18H27ClN4O2S. The van der Waals surface area contributed by atoms with E-state index in [2.05, 4.69) is 15.6 Å². The number of thiazole rings is 1. The molecule has 0 saturated carbocycles. The first kappa shape index (κ1) is 19.6. The topological polar surface area (TPSA) is 74.3 Å². The number of aromatic nitrogens is 1. The molecule has 2 bridgehead atoms. The number of rotatable bonds is 4. The Labute approximate surface area is 164 Å². The number of amides is 2. The number of nitrogens with one attached hydrogen (secondary N) is 2. The minimum atomic E-state index is -0.301. The second kappa shape index (κ2) is 8.23. The number of piperidine rings is 3. The van der Waals surface area contributed by atoms with Crippen molar-refractivity contribution in [3.8, 4) is 0 Å². The maximum Gasteiger partial charge on any atom is 0.243 e. The number of fused-ring (bicyclic) bond motifs is 4. The summed E-state index contributed by atoms with van der Waals surface area (Å²) in [7, 11) is 0. The fourth-order valence-electron chi connectivity index (χ4n) is 4.82. The van der Waals surface area contributed by atoms with Crippen molar-refractivity contribution in [2.75, 3.05) is 19.6 Å². The van der Waals surface area contributed by atoms with Crippen LogP contribution in [-0.2, 0) is 16.0 Å². The largest absolute Gasteiger partial charge is 0.354 e. The van der Waals surface area contributed by atoms with Gasteiger partial charge >= 0.3 is 0 Å². The van der Waals surface area contributed by atoms with Crippen LogP contribution in [0.5, 0.6) is 0 Å². The molecule has 4 atom stereocenters. The van der Waals surface area contributed by atoms with Gasteiger partial charge in [0.05, 0.1) is 11.2 Å². The number of hydrogen-bond acceptors (Lipinski definition) is 5. The maximum absolute atomic E-state index is 13.0. The van der Waals surface area contributed by atoms with Crippen LogP contribution in [0.4, 0.5) is 0 Å². The molecule has 4 heterocycles. The van der Waals surface area contributed by atoms with E-state index in [4.69, 9.17) is 0 Å². The van der Waals surface area contributed by atoms with Crippen LogP contribution in [0.1, 0.15) is 36.3 Å². The number of carbonyl (C=O) groups is 2. The van der Waals surface area contributed by atoms with Crippen molar-refractivity contribution in [2.45, 2.75) is 51.1 Å². The van der Waals surface area contributed by atoms with Crippen LogP contribution in [0.15, 0.2) is 5.51 Å². The van der Waals surface area contributed by atoms with Crippen LogP contribution in [0.2, 0.25) is 0 Å². The summed E-state index contributed by atoms with van der Waals surface area (Å²) < 4.78 is 0. The second-order valence-electron chi connectivity index (χ2n) is 7.52. The highest BCUT2D eigenvalue weighted by Gasteiger charge is 2.50. The van der Waals surface area contributed by atoms with E-state index < -0.39 is 0 Å². The average molecular weight is 399 g/mol. The third-order valence-corrected chi connectivity index (χ3v) is 7.00. The fourth-order valence-corrected chi connectivity index (χ4v) is 5.60. The lowest BCUT2D eigenvalue weighted by molar-refractivity contribution is -0.157. The molecule has 0 aliphatic carbocycles. The lowest BCUT2D eigenvalue weighted by Gasteiger charge is -2.53. The summed E-state index contributed by atoms with van der Waals surface area (Å²) >= 11 is 1.63. The van der Waals surface area contributed by atoms with E-state index in [9.17, 15) is 9.59 Å². The van der Waals surface area contributed by atoms with Gasteiger partial charge in [0.25, 0.3) is 0 Å². The molecule has 2 N–H and O–H groups in total. The van der Waals surface area contributed by atoms with Crippen molar-refractivity contribution in [3.05, 3.63) is 16.1 Å². The van der Waals surface area contributed by atoms with Gasteiger partial charge in [-0.15, -0.1) is 23.7 Å². The average Bonchev–Trinajstić information content (AvgIpc) is 3.01. The quantitative estimate of drug-likeness (QED) is 0.806. The highest BCUT2D eigenvalue weighted by Crippen LogP contribution is 2.39. The van der Waals surface area contributed by atoms with Gasteiger partial charge in [-0.3, -0.25) is 9.59 Å². The van der Waals surface area contributed by atoms with Gasteiger partial charge in [0, 0.05) is 42.8 Å². The van der Waals surface area contributed by atoms with E-state index in [1.165, 1.54) is 4.88 Å². The van der Waals surface area contributed by atoms with Gasteiger partial charge in [-0.1, -0.05) is 0 Å². The first-order valence-electron chi connectivity index (χ1n) is 9.33. The molecule has 2 amide bonds.